The lowest BCUT2D eigenvalue weighted by molar-refractivity contribution is -0.123. The molecule has 0 saturated carbocycles. The summed E-state index contributed by atoms with van der Waals surface area (Å²) in [6, 6.07) is 4.45. The van der Waals surface area contributed by atoms with E-state index in [0.717, 1.165) is 32.1 Å². The van der Waals surface area contributed by atoms with E-state index in [0.29, 0.717) is 18.8 Å². The summed E-state index contributed by atoms with van der Waals surface area (Å²) in [5.41, 5.74) is 0. The zero-order valence-corrected chi connectivity index (χ0v) is 16.9. The second-order valence-corrected chi connectivity index (χ2v) is 8.95. The van der Waals surface area contributed by atoms with Gasteiger partial charge in [0.15, 0.2) is 6.61 Å². The van der Waals surface area contributed by atoms with Crippen LogP contribution in [0.2, 0.25) is 5.02 Å². The van der Waals surface area contributed by atoms with Gasteiger partial charge in [-0.1, -0.05) is 31.4 Å². The summed E-state index contributed by atoms with van der Waals surface area (Å²) >= 11 is 6.17. The molecule has 1 aromatic carbocycles. The molecule has 1 atom stereocenters. The molecule has 1 aliphatic rings. The molecule has 1 fully saturated rings. The van der Waals surface area contributed by atoms with Crippen molar-refractivity contribution < 1.29 is 17.9 Å². The summed E-state index contributed by atoms with van der Waals surface area (Å²) in [4.78, 5) is 12.0. The van der Waals surface area contributed by atoms with E-state index in [1.165, 1.54) is 22.5 Å². The SMILES string of the molecule is CCCC(C)NC(=O)COc1ccc(S(=O)(=O)N2CCCCC2)cc1Cl. The van der Waals surface area contributed by atoms with Crippen LogP contribution >= 0.6 is 11.6 Å². The van der Waals surface area contributed by atoms with Crippen LogP contribution in [0.1, 0.15) is 46.0 Å². The highest BCUT2D eigenvalue weighted by Gasteiger charge is 2.26. The van der Waals surface area contributed by atoms with E-state index in [4.69, 9.17) is 16.3 Å². The Bertz CT molecular complexity index is 718. The monoisotopic (exact) mass is 402 g/mol. The number of rotatable bonds is 8. The van der Waals surface area contributed by atoms with Gasteiger partial charge in [0, 0.05) is 19.1 Å². The standard InChI is InChI=1S/C18H27ClN2O4S/c1-3-7-14(2)20-18(22)13-25-17-9-8-15(12-16(17)19)26(23,24)21-10-5-4-6-11-21/h8-9,12,14H,3-7,10-11,13H2,1-2H3,(H,20,22). The van der Waals surface area contributed by atoms with Gasteiger partial charge in [-0.3, -0.25) is 4.79 Å². The summed E-state index contributed by atoms with van der Waals surface area (Å²) in [6.07, 6.45) is 4.69. The zero-order chi connectivity index (χ0) is 19.2. The lowest BCUT2D eigenvalue weighted by Gasteiger charge is -2.26. The first-order valence-corrected chi connectivity index (χ1v) is 10.9. The molecular weight excluding hydrogens is 376 g/mol. The van der Waals surface area contributed by atoms with Crippen molar-refractivity contribution in [2.45, 2.75) is 56.9 Å². The fourth-order valence-corrected chi connectivity index (χ4v) is 4.82. The van der Waals surface area contributed by atoms with Gasteiger partial charge in [0.2, 0.25) is 10.0 Å². The quantitative estimate of drug-likeness (QED) is 0.724. The first kappa shape index (κ1) is 21.0. The Hall–Kier alpha value is -1.31. The first-order valence-electron chi connectivity index (χ1n) is 9.06. The van der Waals surface area contributed by atoms with Crippen molar-refractivity contribution in [3.8, 4) is 5.75 Å². The molecular formula is C18H27ClN2O4S. The van der Waals surface area contributed by atoms with Crippen LogP contribution in [-0.4, -0.2) is 44.4 Å². The van der Waals surface area contributed by atoms with E-state index in [1.807, 2.05) is 6.92 Å². The fourth-order valence-electron chi connectivity index (χ4n) is 2.98. The predicted molar refractivity (Wildman–Crippen MR) is 102 cm³/mol. The van der Waals surface area contributed by atoms with Crippen LogP contribution in [0.4, 0.5) is 0 Å². The van der Waals surface area contributed by atoms with Gasteiger partial charge < -0.3 is 10.1 Å². The molecule has 0 aromatic heterocycles. The van der Waals surface area contributed by atoms with Crippen LogP contribution in [0.15, 0.2) is 23.1 Å². The molecule has 0 bridgehead atoms. The molecule has 1 aromatic rings. The summed E-state index contributed by atoms with van der Waals surface area (Å²) in [5.74, 6) is 0.0644. The summed E-state index contributed by atoms with van der Waals surface area (Å²) < 4.78 is 32.3. The number of carbonyl (C=O) groups is 1. The normalized spacial score (nSPS) is 16.9. The second-order valence-electron chi connectivity index (χ2n) is 6.60. The largest absolute Gasteiger partial charge is 0.482 e. The summed E-state index contributed by atoms with van der Waals surface area (Å²) in [5, 5.41) is 3.02. The zero-order valence-electron chi connectivity index (χ0n) is 15.3. The molecule has 0 spiro atoms. The number of benzene rings is 1. The number of halogens is 1. The topological polar surface area (TPSA) is 75.7 Å². The van der Waals surface area contributed by atoms with Crippen molar-refractivity contribution in [2.24, 2.45) is 0 Å². The second kappa shape index (κ2) is 9.58. The first-order chi connectivity index (χ1) is 12.3. The molecule has 1 amide bonds. The van der Waals surface area contributed by atoms with Crippen molar-refractivity contribution in [1.82, 2.24) is 9.62 Å². The Labute approximate surface area is 160 Å². The number of amides is 1. The number of nitrogens with zero attached hydrogens (tertiary/aromatic N) is 1. The molecule has 6 nitrogen and oxygen atoms in total. The Morgan fingerprint density at radius 2 is 2.00 bits per heavy atom. The molecule has 1 N–H and O–H groups in total. The van der Waals surface area contributed by atoms with Gasteiger partial charge in [0.1, 0.15) is 5.75 Å². The van der Waals surface area contributed by atoms with E-state index in [2.05, 4.69) is 12.2 Å². The molecule has 1 heterocycles. The Morgan fingerprint density at radius 1 is 1.31 bits per heavy atom. The third kappa shape index (κ3) is 5.59. The minimum atomic E-state index is -3.54. The van der Waals surface area contributed by atoms with Gasteiger partial charge in [0.25, 0.3) is 5.91 Å². The maximum absolute atomic E-state index is 12.7. The fraction of sp³-hybridized carbons (Fsp3) is 0.611. The lowest BCUT2D eigenvalue weighted by Crippen LogP contribution is -2.36. The highest BCUT2D eigenvalue weighted by molar-refractivity contribution is 7.89. The van der Waals surface area contributed by atoms with Crippen LogP contribution in [0, 0.1) is 0 Å². The third-order valence-corrected chi connectivity index (χ3v) is 6.53. The number of sulfonamides is 1. The van der Waals surface area contributed by atoms with Crippen molar-refractivity contribution >= 4 is 27.5 Å². The van der Waals surface area contributed by atoms with Crippen molar-refractivity contribution in [3.05, 3.63) is 23.2 Å². The van der Waals surface area contributed by atoms with E-state index in [-0.39, 0.29) is 28.5 Å². The molecule has 2 rings (SSSR count). The number of hydrogen-bond donors (Lipinski definition) is 1. The van der Waals surface area contributed by atoms with Gasteiger partial charge in [-0.2, -0.15) is 4.31 Å². The van der Waals surface area contributed by atoms with Crippen LogP contribution in [0.25, 0.3) is 0 Å². The number of hydrogen-bond acceptors (Lipinski definition) is 4. The van der Waals surface area contributed by atoms with Gasteiger partial charge in [-0.05, 0) is 44.4 Å². The molecule has 1 aliphatic heterocycles. The third-order valence-electron chi connectivity index (χ3n) is 4.34. The van der Waals surface area contributed by atoms with Gasteiger partial charge in [-0.15, -0.1) is 0 Å². The highest BCUT2D eigenvalue weighted by Crippen LogP contribution is 2.29. The maximum atomic E-state index is 12.7. The van der Waals surface area contributed by atoms with Crippen molar-refractivity contribution in [1.29, 1.82) is 0 Å². The minimum absolute atomic E-state index is 0.0867. The maximum Gasteiger partial charge on any atom is 0.258 e. The molecule has 1 saturated heterocycles. The number of piperidine rings is 1. The molecule has 1 unspecified atom stereocenters. The predicted octanol–water partition coefficient (Wildman–Crippen LogP) is 3.20. The molecule has 0 radical (unpaired) electrons. The Kier molecular flexibility index (Phi) is 7.73. The Morgan fingerprint density at radius 3 is 2.62 bits per heavy atom. The smallest absolute Gasteiger partial charge is 0.258 e. The Balaban J connectivity index is 1.99. The summed E-state index contributed by atoms with van der Waals surface area (Å²) in [6.45, 7) is 4.90. The summed E-state index contributed by atoms with van der Waals surface area (Å²) in [7, 11) is -3.54. The van der Waals surface area contributed by atoms with Gasteiger partial charge in [0.05, 0.1) is 9.92 Å². The minimum Gasteiger partial charge on any atom is -0.482 e. The van der Waals surface area contributed by atoms with Crippen molar-refractivity contribution in [2.75, 3.05) is 19.7 Å². The van der Waals surface area contributed by atoms with E-state index < -0.39 is 10.0 Å². The molecule has 0 aliphatic carbocycles. The van der Waals surface area contributed by atoms with Gasteiger partial charge in [-0.25, -0.2) is 8.42 Å². The number of ether oxygens (including phenoxy) is 1. The van der Waals surface area contributed by atoms with Crippen LogP contribution < -0.4 is 10.1 Å². The number of carbonyl (C=O) groups excluding carboxylic acids is 1. The molecule has 8 heteroatoms. The van der Waals surface area contributed by atoms with Crippen LogP contribution in [0.3, 0.4) is 0 Å². The van der Waals surface area contributed by atoms with Crippen LogP contribution in [-0.2, 0) is 14.8 Å². The van der Waals surface area contributed by atoms with E-state index in [9.17, 15) is 13.2 Å². The molecule has 146 valence electrons. The van der Waals surface area contributed by atoms with Crippen molar-refractivity contribution in [3.63, 3.8) is 0 Å². The van der Waals surface area contributed by atoms with Crippen LogP contribution in [0.5, 0.6) is 5.75 Å². The lowest BCUT2D eigenvalue weighted by atomic mass is 10.2. The van der Waals surface area contributed by atoms with Gasteiger partial charge >= 0.3 is 0 Å². The molecule has 26 heavy (non-hydrogen) atoms. The average Bonchev–Trinajstić information content (AvgIpc) is 2.61. The highest BCUT2D eigenvalue weighted by atomic mass is 35.5. The van der Waals surface area contributed by atoms with E-state index in [1.54, 1.807) is 0 Å². The number of nitrogens with one attached hydrogen (secondary N) is 1. The van der Waals surface area contributed by atoms with E-state index >= 15 is 0 Å². The average molecular weight is 403 g/mol.